The third kappa shape index (κ3) is 6.25. The van der Waals surface area contributed by atoms with E-state index in [2.05, 4.69) is 4.72 Å². The number of hydrogen-bond acceptors (Lipinski definition) is 7. The van der Waals surface area contributed by atoms with E-state index in [4.69, 9.17) is 16.7 Å². The molecular weight excluding hydrogens is 582 g/mol. The van der Waals surface area contributed by atoms with Crippen LogP contribution < -0.4 is 4.72 Å². The van der Waals surface area contributed by atoms with Crippen LogP contribution in [0.15, 0.2) is 52.7 Å². The molecule has 2 aliphatic heterocycles. The number of rotatable bonds is 8. The highest BCUT2D eigenvalue weighted by atomic mass is 35.5. The first-order valence-electron chi connectivity index (χ1n) is 12.3. The molecule has 0 saturated carbocycles. The molecule has 0 spiro atoms. The Morgan fingerprint density at radius 3 is 2.74 bits per heavy atom. The molecule has 0 bridgehead atoms. The first kappa shape index (κ1) is 27.9. The zero-order valence-electron chi connectivity index (χ0n) is 20.7. The Hall–Kier alpha value is -2.64. The smallest absolute Gasteiger partial charge is 0.307 e. The Bertz CT molecular complexity index is 1540. The lowest BCUT2D eigenvalue weighted by atomic mass is 10.1. The van der Waals surface area contributed by atoms with E-state index in [1.165, 1.54) is 4.90 Å². The highest BCUT2D eigenvalue weighted by molar-refractivity contribution is 7.99. The molecule has 0 radical (unpaired) electrons. The molecule has 39 heavy (non-hydrogen) atoms. The van der Waals surface area contributed by atoms with Gasteiger partial charge in [-0.1, -0.05) is 35.9 Å². The van der Waals surface area contributed by atoms with Gasteiger partial charge in [0.1, 0.15) is 15.6 Å². The molecule has 1 aromatic heterocycles. The second-order valence-electron chi connectivity index (χ2n) is 9.45. The summed E-state index contributed by atoms with van der Waals surface area (Å²) in [5.74, 6) is -0.859. The van der Waals surface area contributed by atoms with E-state index in [1.54, 1.807) is 59.1 Å². The van der Waals surface area contributed by atoms with Crippen molar-refractivity contribution in [2.45, 2.75) is 34.9 Å². The van der Waals surface area contributed by atoms with Crippen molar-refractivity contribution in [3.8, 4) is 0 Å². The van der Waals surface area contributed by atoms with E-state index >= 15 is 0 Å². The molecular formula is C26H26ClN3O6S3. The molecule has 2 aromatic carbocycles. The third-order valence-electron chi connectivity index (χ3n) is 6.68. The summed E-state index contributed by atoms with van der Waals surface area (Å²) in [7, 11) is -3.96. The van der Waals surface area contributed by atoms with Crippen LogP contribution in [0.4, 0.5) is 0 Å². The number of thiophene rings is 1. The first-order valence-corrected chi connectivity index (χ1v) is 16.1. The Morgan fingerprint density at radius 2 is 1.95 bits per heavy atom. The Morgan fingerprint density at radius 1 is 1.13 bits per heavy atom. The topological polar surface area (TPSA) is 124 Å². The van der Waals surface area contributed by atoms with Crippen molar-refractivity contribution in [2.24, 2.45) is 0 Å². The van der Waals surface area contributed by atoms with Crippen LogP contribution in [0.1, 0.15) is 29.3 Å². The molecule has 3 aromatic rings. The van der Waals surface area contributed by atoms with Gasteiger partial charge in [0.15, 0.2) is 0 Å². The number of carbonyl (C=O) groups excluding carboxylic acids is 2. The largest absolute Gasteiger partial charge is 0.481 e. The van der Waals surface area contributed by atoms with Gasteiger partial charge in [-0.25, -0.2) is 8.42 Å². The predicted molar refractivity (Wildman–Crippen MR) is 151 cm³/mol. The average molecular weight is 608 g/mol. The van der Waals surface area contributed by atoms with Gasteiger partial charge in [0.2, 0.25) is 11.8 Å². The summed E-state index contributed by atoms with van der Waals surface area (Å²) in [6.07, 6.45) is 0.801. The van der Waals surface area contributed by atoms with Crippen molar-refractivity contribution >= 4 is 72.6 Å². The fourth-order valence-electron chi connectivity index (χ4n) is 4.86. The second-order valence-corrected chi connectivity index (χ2v) is 14.1. The van der Waals surface area contributed by atoms with Gasteiger partial charge in [0, 0.05) is 28.6 Å². The van der Waals surface area contributed by atoms with Gasteiger partial charge in [-0.05, 0) is 53.6 Å². The number of carbonyl (C=O) groups is 3. The van der Waals surface area contributed by atoms with Crippen LogP contribution in [0.2, 0.25) is 5.02 Å². The molecule has 2 atom stereocenters. The molecule has 206 valence electrons. The lowest BCUT2D eigenvalue weighted by Crippen LogP contribution is -2.54. The molecule has 13 heteroatoms. The number of aliphatic carboxylic acids is 1. The van der Waals surface area contributed by atoms with E-state index in [-0.39, 0.29) is 28.5 Å². The number of carboxylic acids is 1. The Kier molecular flexibility index (Phi) is 8.20. The second kappa shape index (κ2) is 11.5. The van der Waals surface area contributed by atoms with Crippen LogP contribution in [-0.4, -0.2) is 72.5 Å². The molecule has 3 heterocycles. The average Bonchev–Trinajstić information content (AvgIpc) is 3.54. The van der Waals surface area contributed by atoms with Gasteiger partial charge in [-0.3, -0.25) is 14.4 Å². The number of sulfonamides is 1. The van der Waals surface area contributed by atoms with Crippen molar-refractivity contribution in [2.75, 3.05) is 25.4 Å². The number of thioether (sulfide) groups is 1. The summed E-state index contributed by atoms with van der Waals surface area (Å²) in [6, 6.07) is 12.9. The van der Waals surface area contributed by atoms with Gasteiger partial charge >= 0.3 is 5.97 Å². The summed E-state index contributed by atoms with van der Waals surface area (Å²) in [4.78, 5) is 40.8. The van der Waals surface area contributed by atoms with Crippen LogP contribution in [0.25, 0.3) is 10.1 Å². The van der Waals surface area contributed by atoms with Gasteiger partial charge in [0.25, 0.3) is 10.0 Å². The van der Waals surface area contributed by atoms with Crippen LogP contribution in [-0.2, 0) is 30.8 Å². The summed E-state index contributed by atoms with van der Waals surface area (Å²) < 4.78 is 29.6. The summed E-state index contributed by atoms with van der Waals surface area (Å²) >= 11 is 8.72. The minimum absolute atomic E-state index is 0.0998. The van der Waals surface area contributed by atoms with Gasteiger partial charge < -0.3 is 14.9 Å². The Labute approximate surface area is 239 Å². The van der Waals surface area contributed by atoms with E-state index < -0.39 is 27.9 Å². The number of likely N-dealkylation sites (tertiary alicyclic amines) is 1. The zero-order chi connectivity index (χ0) is 27.7. The lowest BCUT2D eigenvalue weighted by Gasteiger charge is -2.34. The molecule has 2 amide bonds. The maximum atomic E-state index is 13.3. The first-order chi connectivity index (χ1) is 18.6. The fourth-order valence-corrected chi connectivity index (χ4v) is 8.93. The molecule has 2 saturated heterocycles. The number of halogens is 1. The molecule has 1 unspecified atom stereocenters. The monoisotopic (exact) mass is 607 g/mol. The number of nitrogens with zero attached hydrogens (tertiary/aromatic N) is 2. The van der Waals surface area contributed by atoms with E-state index in [0.29, 0.717) is 41.9 Å². The zero-order valence-corrected chi connectivity index (χ0v) is 23.9. The highest BCUT2D eigenvalue weighted by Gasteiger charge is 2.37. The molecule has 0 aliphatic carbocycles. The highest BCUT2D eigenvalue weighted by Crippen LogP contribution is 2.38. The van der Waals surface area contributed by atoms with E-state index in [9.17, 15) is 22.8 Å². The number of fused-ring (bicyclic) bond motifs is 1. The molecule has 5 rings (SSSR count). The van der Waals surface area contributed by atoms with Crippen LogP contribution in [0, 0.1) is 0 Å². The van der Waals surface area contributed by atoms with E-state index in [0.717, 1.165) is 27.4 Å². The molecule has 2 aliphatic rings. The fraction of sp³-hybridized carbons (Fsp3) is 0.346. The normalized spacial score (nSPS) is 20.1. The third-order valence-corrected chi connectivity index (χ3v) is 11.2. The number of carboxylic acid groups (broad SMARTS) is 1. The number of hydrogen-bond donors (Lipinski definition) is 2. The van der Waals surface area contributed by atoms with Crippen molar-refractivity contribution in [3.05, 3.63) is 64.7 Å². The van der Waals surface area contributed by atoms with Crippen molar-refractivity contribution < 1.29 is 27.9 Å². The van der Waals surface area contributed by atoms with Crippen molar-refractivity contribution in [3.63, 3.8) is 0 Å². The van der Waals surface area contributed by atoms with Crippen LogP contribution in [0.5, 0.6) is 0 Å². The number of nitrogens with one attached hydrogen (secondary N) is 1. The lowest BCUT2D eigenvalue weighted by molar-refractivity contribution is -0.143. The number of piperidine rings is 1. The van der Waals surface area contributed by atoms with Crippen LogP contribution >= 0.6 is 34.7 Å². The Balaban J connectivity index is 1.26. The maximum absolute atomic E-state index is 13.3. The molecule has 2 fully saturated rings. The summed E-state index contributed by atoms with van der Waals surface area (Å²) in [5.41, 5.74) is 1.49. The van der Waals surface area contributed by atoms with E-state index in [1.807, 2.05) is 6.07 Å². The minimum Gasteiger partial charge on any atom is -0.481 e. The SMILES string of the molecule is O=C(O)Cc1cccc(C2SCCN2C(=O)CN2CCC[C@H](NS(=O)(=O)c3cc4cc(Cl)ccc4s3)C2=O)c1. The summed E-state index contributed by atoms with van der Waals surface area (Å²) in [6.45, 7) is 0.722. The van der Waals surface area contributed by atoms with Crippen molar-refractivity contribution in [1.29, 1.82) is 0 Å². The molecule has 9 nitrogen and oxygen atoms in total. The predicted octanol–water partition coefficient (Wildman–Crippen LogP) is 3.73. The number of benzene rings is 2. The maximum Gasteiger partial charge on any atom is 0.307 e. The van der Waals surface area contributed by atoms with Gasteiger partial charge in [0.05, 0.1) is 13.0 Å². The molecule has 2 N–H and O–H groups in total. The van der Waals surface area contributed by atoms with Crippen LogP contribution in [0.3, 0.4) is 0 Å². The standard InChI is InChI=1S/C26H26ClN3O6S3/c27-19-6-7-21-18(13-19)14-24(38-21)39(35,36)28-20-5-2-8-29(25(20)34)15-22(31)30-9-10-37-26(30)17-4-1-3-16(11-17)12-23(32)33/h1,3-4,6-7,11,13-14,20,26,28H,2,5,8-10,12,15H2,(H,32,33)/t20-,26?/m0/s1. The van der Waals surface area contributed by atoms with Crippen molar-refractivity contribution in [1.82, 2.24) is 14.5 Å². The van der Waals surface area contributed by atoms with Gasteiger partial charge in [-0.2, -0.15) is 4.72 Å². The van der Waals surface area contributed by atoms with Gasteiger partial charge in [-0.15, -0.1) is 23.1 Å². The quantitative estimate of drug-likeness (QED) is 0.400. The number of amides is 2. The summed E-state index contributed by atoms with van der Waals surface area (Å²) in [5, 5.41) is 10.1. The minimum atomic E-state index is -3.96.